The predicted octanol–water partition coefficient (Wildman–Crippen LogP) is 2.71. The van der Waals surface area contributed by atoms with E-state index in [1.165, 1.54) is 25.3 Å². The molecule has 1 aromatic carbocycles. The van der Waals surface area contributed by atoms with Crippen LogP contribution in [0.4, 0.5) is 10.5 Å². The topological polar surface area (TPSA) is 78.4 Å². The summed E-state index contributed by atoms with van der Waals surface area (Å²) in [6.07, 6.45) is 6.24. The largest absolute Gasteiger partial charge is 0.478 e. The summed E-state index contributed by atoms with van der Waals surface area (Å²) in [5.41, 5.74) is 1.46. The van der Waals surface area contributed by atoms with Crippen LogP contribution in [0.25, 0.3) is 6.08 Å². The highest BCUT2D eigenvalue weighted by Gasteiger charge is 2.17. The van der Waals surface area contributed by atoms with Crippen LogP contribution in [0.15, 0.2) is 30.3 Å². The number of rotatable bonds is 5. The number of urea groups is 1. The zero-order valence-electron chi connectivity index (χ0n) is 11.1. The second-order valence-corrected chi connectivity index (χ2v) is 4.93. The fourth-order valence-electron chi connectivity index (χ4n) is 1.95. The number of carboxylic acid groups (broad SMARTS) is 1. The Morgan fingerprint density at radius 2 is 1.95 bits per heavy atom. The predicted molar refractivity (Wildman–Crippen MR) is 77.5 cm³/mol. The van der Waals surface area contributed by atoms with Gasteiger partial charge in [-0.1, -0.05) is 18.6 Å². The molecule has 1 fully saturated rings. The van der Waals surface area contributed by atoms with Gasteiger partial charge in [0.2, 0.25) is 0 Å². The molecule has 2 amide bonds. The number of aliphatic carboxylic acids is 1. The van der Waals surface area contributed by atoms with E-state index in [0.29, 0.717) is 11.6 Å². The summed E-state index contributed by atoms with van der Waals surface area (Å²) in [6.45, 7) is 0.727. The van der Waals surface area contributed by atoms with Crippen LogP contribution in [0, 0.1) is 5.92 Å². The smallest absolute Gasteiger partial charge is 0.328 e. The van der Waals surface area contributed by atoms with E-state index in [2.05, 4.69) is 10.6 Å². The first-order valence-electron chi connectivity index (χ1n) is 6.69. The van der Waals surface area contributed by atoms with Gasteiger partial charge < -0.3 is 15.7 Å². The van der Waals surface area contributed by atoms with Crippen LogP contribution in [-0.4, -0.2) is 23.7 Å². The van der Waals surface area contributed by atoms with Gasteiger partial charge >= 0.3 is 12.0 Å². The second kappa shape index (κ2) is 6.75. The minimum absolute atomic E-state index is 0.203. The molecule has 0 saturated heterocycles. The van der Waals surface area contributed by atoms with Crippen molar-refractivity contribution >= 4 is 23.8 Å². The number of nitrogens with one attached hydrogen (secondary N) is 2. The summed E-state index contributed by atoms with van der Waals surface area (Å²) in [5.74, 6) is -0.355. The van der Waals surface area contributed by atoms with Gasteiger partial charge in [0.1, 0.15) is 0 Å². The summed E-state index contributed by atoms with van der Waals surface area (Å²) < 4.78 is 0. The van der Waals surface area contributed by atoms with Crippen molar-refractivity contribution in [2.45, 2.75) is 19.3 Å². The highest BCUT2D eigenvalue weighted by molar-refractivity contribution is 5.89. The van der Waals surface area contributed by atoms with Gasteiger partial charge in [-0.3, -0.25) is 0 Å². The van der Waals surface area contributed by atoms with Crippen molar-refractivity contribution in [1.29, 1.82) is 0 Å². The van der Waals surface area contributed by atoms with Gasteiger partial charge in [-0.15, -0.1) is 0 Å². The molecule has 0 unspecified atom stereocenters. The average molecular weight is 274 g/mol. The van der Waals surface area contributed by atoms with Crippen molar-refractivity contribution in [3.8, 4) is 0 Å². The third-order valence-electron chi connectivity index (χ3n) is 3.36. The molecule has 0 heterocycles. The van der Waals surface area contributed by atoms with E-state index in [-0.39, 0.29) is 6.03 Å². The molecular formula is C15H18N2O3. The molecule has 0 aliphatic heterocycles. The minimum Gasteiger partial charge on any atom is -0.478 e. The lowest BCUT2D eigenvalue weighted by Crippen LogP contribution is -2.35. The van der Waals surface area contributed by atoms with Crippen molar-refractivity contribution in [3.05, 3.63) is 35.9 Å². The molecule has 5 heteroatoms. The van der Waals surface area contributed by atoms with Crippen molar-refractivity contribution in [2.24, 2.45) is 5.92 Å². The van der Waals surface area contributed by atoms with E-state index in [1.54, 1.807) is 24.3 Å². The van der Waals surface area contributed by atoms with Crippen molar-refractivity contribution in [2.75, 3.05) is 11.9 Å². The Hall–Kier alpha value is -2.30. The van der Waals surface area contributed by atoms with Crippen LogP contribution in [0.1, 0.15) is 24.8 Å². The highest BCUT2D eigenvalue weighted by Crippen LogP contribution is 2.25. The summed E-state index contributed by atoms with van der Waals surface area (Å²) in [5, 5.41) is 14.1. The zero-order valence-corrected chi connectivity index (χ0v) is 11.1. The Morgan fingerprint density at radius 1 is 1.25 bits per heavy atom. The molecule has 1 aromatic rings. The number of hydrogen-bond acceptors (Lipinski definition) is 2. The van der Waals surface area contributed by atoms with E-state index < -0.39 is 5.97 Å². The molecule has 2 rings (SSSR count). The molecule has 0 spiro atoms. The Bertz CT molecular complexity index is 504. The van der Waals surface area contributed by atoms with Crippen LogP contribution in [0.2, 0.25) is 0 Å². The third kappa shape index (κ3) is 4.42. The zero-order chi connectivity index (χ0) is 14.4. The first kappa shape index (κ1) is 14.1. The van der Waals surface area contributed by atoms with Crippen LogP contribution < -0.4 is 10.6 Å². The summed E-state index contributed by atoms with van der Waals surface area (Å²) in [4.78, 5) is 22.0. The molecule has 0 atom stereocenters. The van der Waals surface area contributed by atoms with E-state index in [0.717, 1.165) is 18.2 Å². The molecule has 20 heavy (non-hydrogen) atoms. The van der Waals surface area contributed by atoms with Gasteiger partial charge in [0.15, 0.2) is 0 Å². The van der Waals surface area contributed by atoms with Gasteiger partial charge in [0.05, 0.1) is 0 Å². The van der Waals surface area contributed by atoms with Crippen molar-refractivity contribution < 1.29 is 14.7 Å². The lowest BCUT2D eigenvalue weighted by molar-refractivity contribution is -0.131. The van der Waals surface area contributed by atoms with Crippen LogP contribution in [0.3, 0.4) is 0 Å². The molecule has 5 nitrogen and oxygen atoms in total. The van der Waals surface area contributed by atoms with Crippen LogP contribution in [0.5, 0.6) is 0 Å². The van der Waals surface area contributed by atoms with Crippen molar-refractivity contribution in [1.82, 2.24) is 5.32 Å². The molecule has 3 N–H and O–H groups in total. The minimum atomic E-state index is -0.984. The lowest BCUT2D eigenvalue weighted by Gasteiger charge is -2.25. The average Bonchev–Trinajstić information content (AvgIpc) is 2.36. The number of carbonyl (C=O) groups is 2. The van der Waals surface area contributed by atoms with E-state index in [4.69, 9.17) is 5.11 Å². The molecular weight excluding hydrogens is 256 g/mol. The molecule has 106 valence electrons. The van der Waals surface area contributed by atoms with E-state index >= 15 is 0 Å². The van der Waals surface area contributed by atoms with Crippen LogP contribution in [-0.2, 0) is 4.79 Å². The standard InChI is InChI=1S/C15H18N2O3/c18-14(19)9-6-11-4-7-13(8-5-11)17-15(20)16-10-12-2-1-3-12/h4-9,12H,1-3,10H2,(H,18,19)(H2,16,17,20)/b9-6+. The molecule has 0 radical (unpaired) electrons. The maximum atomic E-state index is 11.6. The number of amides is 2. The normalized spacial score (nSPS) is 14.8. The fraction of sp³-hybridized carbons (Fsp3) is 0.333. The van der Waals surface area contributed by atoms with Gasteiger partial charge in [0, 0.05) is 18.3 Å². The Balaban J connectivity index is 1.80. The number of hydrogen-bond donors (Lipinski definition) is 3. The summed E-state index contributed by atoms with van der Waals surface area (Å²) >= 11 is 0. The lowest BCUT2D eigenvalue weighted by atomic mass is 9.85. The van der Waals surface area contributed by atoms with E-state index in [1.807, 2.05) is 0 Å². The fourth-order valence-corrected chi connectivity index (χ4v) is 1.95. The Kier molecular flexibility index (Phi) is 4.76. The number of benzene rings is 1. The van der Waals surface area contributed by atoms with Crippen molar-refractivity contribution in [3.63, 3.8) is 0 Å². The quantitative estimate of drug-likeness (QED) is 0.722. The van der Waals surface area contributed by atoms with Gasteiger partial charge in [-0.25, -0.2) is 9.59 Å². The number of carbonyl (C=O) groups excluding carboxylic acids is 1. The molecule has 0 aromatic heterocycles. The third-order valence-corrected chi connectivity index (χ3v) is 3.36. The van der Waals surface area contributed by atoms with Gasteiger partial charge in [-0.05, 0) is 42.5 Å². The molecule has 1 aliphatic carbocycles. The first-order valence-corrected chi connectivity index (χ1v) is 6.69. The first-order chi connectivity index (χ1) is 9.63. The maximum absolute atomic E-state index is 11.6. The Morgan fingerprint density at radius 3 is 2.50 bits per heavy atom. The molecule has 1 aliphatic rings. The monoisotopic (exact) mass is 274 g/mol. The van der Waals surface area contributed by atoms with Gasteiger partial charge in [-0.2, -0.15) is 0 Å². The van der Waals surface area contributed by atoms with E-state index in [9.17, 15) is 9.59 Å². The summed E-state index contributed by atoms with van der Waals surface area (Å²) in [7, 11) is 0. The Labute approximate surface area is 117 Å². The second-order valence-electron chi connectivity index (χ2n) is 4.93. The van der Waals surface area contributed by atoms with Gasteiger partial charge in [0.25, 0.3) is 0 Å². The number of anilines is 1. The maximum Gasteiger partial charge on any atom is 0.328 e. The molecule has 0 bridgehead atoms. The highest BCUT2D eigenvalue weighted by atomic mass is 16.4. The number of carboxylic acids is 1. The summed E-state index contributed by atoms with van der Waals surface area (Å²) in [6, 6.07) is 6.78. The van der Waals surface area contributed by atoms with Crippen LogP contribution >= 0.6 is 0 Å². The molecule has 1 saturated carbocycles. The SMILES string of the molecule is O=C(O)/C=C/c1ccc(NC(=O)NCC2CCC2)cc1.